The first kappa shape index (κ1) is 17.2. The molecule has 0 radical (unpaired) electrons. The SMILES string of the molecule is O=C1CCCc2cc(S(=O)(=O)N(CC(F)(F)F)C3CC3)ccc2N1. The first-order valence-electron chi connectivity index (χ1n) is 7.68. The van der Waals surface area contributed by atoms with Gasteiger partial charge in [0.1, 0.15) is 6.54 Å². The number of halogens is 3. The summed E-state index contributed by atoms with van der Waals surface area (Å²) in [5.74, 6) is -0.152. The van der Waals surface area contributed by atoms with Gasteiger partial charge in [-0.3, -0.25) is 4.79 Å². The van der Waals surface area contributed by atoms with E-state index in [0.29, 0.717) is 47.7 Å². The lowest BCUT2D eigenvalue weighted by atomic mass is 10.1. The maximum atomic E-state index is 12.8. The minimum absolute atomic E-state index is 0.152. The Morgan fingerprint density at radius 2 is 1.92 bits per heavy atom. The molecule has 1 fully saturated rings. The van der Waals surface area contributed by atoms with Crippen LogP contribution < -0.4 is 5.32 Å². The van der Waals surface area contributed by atoms with Crippen molar-refractivity contribution in [2.75, 3.05) is 11.9 Å². The number of anilines is 1. The summed E-state index contributed by atoms with van der Waals surface area (Å²) < 4.78 is 64.1. The number of carbonyl (C=O) groups is 1. The van der Waals surface area contributed by atoms with Crippen molar-refractivity contribution in [2.24, 2.45) is 0 Å². The lowest BCUT2D eigenvalue weighted by molar-refractivity contribution is -0.137. The van der Waals surface area contributed by atoms with Crippen LogP contribution in [0.15, 0.2) is 23.1 Å². The molecule has 132 valence electrons. The summed E-state index contributed by atoms with van der Waals surface area (Å²) >= 11 is 0. The van der Waals surface area contributed by atoms with Gasteiger partial charge in [0.25, 0.3) is 0 Å². The van der Waals surface area contributed by atoms with Crippen LogP contribution in [0.2, 0.25) is 0 Å². The van der Waals surface area contributed by atoms with Gasteiger partial charge in [0.05, 0.1) is 4.90 Å². The number of nitrogens with zero attached hydrogens (tertiary/aromatic N) is 1. The highest BCUT2D eigenvalue weighted by atomic mass is 32.2. The van der Waals surface area contributed by atoms with Crippen molar-refractivity contribution >= 4 is 21.6 Å². The zero-order chi connectivity index (χ0) is 17.5. The first-order chi connectivity index (χ1) is 11.2. The molecule has 1 aliphatic carbocycles. The second kappa shape index (κ2) is 6.03. The van der Waals surface area contributed by atoms with Crippen molar-refractivity contribution in [3.8, 4) is 0 Å². The van der Waals surface area contributed by atoms with Gasteiger partial charge in [0.2, 0.25) is 15.9 Å². The summed E-state index contributed by atoms with van der Waals surface area (Å²) in [6, 6.07) is 3.49. The van der Waals surface area contributed by atoms with E-state index in [1.165, 1.54) is 18.2 Å². The average Bonchev–Trinajstić information content (AvgIpc) is 3.30. The summed E-state index contributed by atoms with van der Waals surface area (Å²) in [7, 11) is -4.23. The molecular formula is C15H17F3N2O3S. The van der Waals surface area contributed by atoms with Crippen LogP contribution in [0.4, 0.5) is 18.9 Å². The lowest BCUT2D eigenvalue weighted by Gasteiger charge is -2.23. The first-order valence-corrected chi connectivity index (χ1v) is 9.12. The van der Waals surface area contributed by atoms with Crippen LogP contribution in [0, 0.1) is 0 Å². The van der Waals surface area contributed by atoms with Crippen molar-refractivity contribution in [3.63, 3.8) is 0 Å². The quantitative estimate of drug-likeness (QED) is 0.896. The second-order valence-corrected chi connectivity index (χ2v) is 8.01. The molecule has 5 nitrogen and oxygen atoms in total. The molecule has 0 spiro atoms. The molecule has 0 unspecified atom stereocenters. The molecule has 0 saturated heterocycles. The number of nitrogens with one attached hydrogen (secondary N) is 1. The van der Waals surface area contributed by atoms with E-state index in [1.54, 1.807) is 0 Å². The third-order valence-corrected chi connectivity index (χ3v) is 5.99. The van der Waals surface area contributed by atoms with E-state index < -0.39 is 28.8 Å². The Morgan fingerprint density at radius 3 is 2.54 bits per heavy atom. The van der Waals surface area contributed by atoms with Gasteiger partial charge < -0.3 is 5.32 Å². The van der Waals surface area contributed by atoms with Gasteiger partial charge in [-0.25, -0.2) is 8.42 Å². The molecule has 0 bridgehead atoms. The number of sulfonamides is 1. The predicted molar refractivity (Wildman–Crippen MR) is 81.0 cm³/mol. The zero-order valence-corrected chi connectivity index (χ0v) is 13.6. The molecule has 0 aromatic heterocycles. The number of hydrogen-bond donors (Lipinski definition) is 1. The molecule has 1 saturated carbocycles. The van der Waals surface area contributed by atoms with E-state index in [4.69, 9.17) is 0 Å². The largest absolute Gasteiger partial charge is 0.402 e. The van der Waals surface area contributed by atoms with E-state index in [2.05, 4.69) is 5.32 Å². The molecule has 1 heterocycles. The van der Waals surface area contributed by atoms with Crippen LogP contribution in [0.1, 0.15) is 31.2 Å². The number of benzene rings is 1. The Hall–Kier alpha value is -1.61. The molecule has 1 aromatic carbocycles. The Kier molecular flexibility index (Phi) is 4.33. The molecule has 1 aliphatic heterocycles. The Labute approximate surface area is 137 Å². The topological polar surface area (TPSA) is 66.5 Å². The third kappa shape index (κ3) is 3.72. The van der Waals surface area contributed by atoms with Crippen molar-refractivity contribution in [1.29, 1.82) is 0 Å². The van der Waals surface area contributed by atoms with Gasteiger partial charge in [-0.1, -0.05) is 0 Å². The lowest BCUT2D eigenvalue weighted by Crippen LogP contribution is -2.40. The normalized spacial score (nSPS) is 18.9. The maximum Gasteiger partial charge on any atom is 0.402 e. The summed E-state index contributed by atoms with van der Waals surface area (Å²) in [4.78, 5) is 11.4. The molecule has 1 amide bonds. The van der Waals surface area contributed by atoms with Gasteiger partial charge in [-0.15, -0.1) is 0 Å². The maximum absolute atomic E-state index is 12.8. The molecular weight excluding hydrogens is 345 g/mol. The number of hydrogen-bond acceptors (Lipinski definition) is 3. The van der Waals surface area contributed by atoms with E-state index in [1.807, 2.05) is 0 Å². The molecule has 9 heteroatoms. The molecule has 0 atom stereocenters. The van der Waals surface area contributed by atoms with E-state index >= 15 is 0 Å². The van der Waals surface area contributed by atoms with E-state index in [-0.39, 0.29) is 10.8 Å². The summed E-state index contributed by atoms with van der Waals surface area (Å²) in [5, 5.41) is 2.68. The number of rotatable bonds is 4. The smallest absolute Gasteiger partial charge is 0.326 e. The highest BCUT2D eigenvalue weighted by Gasteiger charge is 2.44. The fourth-order valence-corrected chi connectivity index (χ4v) is 4.52. The molecule has 1 N–H and O–H groups in total. The highest BCUT2D eigenvalue weighted by molar-refractivity contribution is 7.89. The van der Waals surface area contributed by atoms with Gasteiger partial charge in [-0.2, -0.15) is 17.5 Å². The molecule has 24 heavy (non-hydrogen) atoms. The molecule has 3 rings (SSSR count). The minimum Gasteiger partial charge on any atom is -0.326 e. The number of fused-ring (bicyclic) bond motifs is 1. The van der Waals surface area contributed by atoms with E-state index in [0.717, 1.165) is 0 Å². The Morgan fingerprint density at radius 1 is 1.21 bits per heavy atom. The monoisotopic (exact) mass is 362 g/mol. The standard InChI is InChI=1S/C15H17F3N2O3S/c16-15(17,18)9-20(11-4-5-11)24(22,23)12-6-7-13-10(8-12)2-1-3-14(21)19-13/h6-8,11H,1-5,9H2,(H,19,21). The van der Waals surface area contributed by atoms with Crippen LogP contribution >= 0.6 is 0 Å². The van der Waals surface area contributed by atoms with Crippen LogP contribution in [-0.2, 0) is 21.2 Å². The zero-order valence-electron chi connectivity index (χ0n) is 12.8. The van der Waals surface area contributed by atoms with Gasteiger partial charge in [0, 0.05) is 18.2 Å². The van der Waals surface area contributed by atoms with Crippen molar-refractivity contribution in [2.45, 2.75) is 49.2 Å². The van der Waals surface area contributed by atoms with Crippen LogP contribution in [0.25, 0.3) is 0 Å². The molecule has 2 aliphatic rings. The molecule has 1 aromatic rings. The van der Waals surface area contributed by atoms with Crippen molar-refractivity contribution < 1.29 is 26.4 Å². The average molecular weight is 362 g/mol. The Balaban J connectivity index is 1.94. The van der Waals surface area contributed by atoms with Crippen molar-refractivity contribution in [1.82, 2.24) is 4.31 Å². The number of amides is 1. The number of alkyl halides is 3. The minimum atomic E-state index is -4.59. The fraction of sp³-hybridized carbons (Fsp3) is 0.533. The van der Waals surface area contributed by atoms with Gasteiger partial charge >= 0.3 is 6.18 Å². The fourth-order valence-electron chi connectivity index (χ4n) is 2.80. The van der Waals surface area contributed by atoms with Crippen LogP contribution in [0.3, 0.4) is 0 Å². The van der Waals surface area contributed by atoms with Crippen molar-refractivity contribution in [3.05, 3.63) is 23.8 Å². The highest BCUT2D eigenvalue weighted by Crippen LogP contribution is 2.36. The summed E-state index contributed by atoms with van der Waals surface area (Å²) in [6.45, 7) is -1.48. The van der Waals surface area contributed by atoms with E-state index in [9.17, 15) is 26.4 Å². The van der Waals surface area contributed by atoms with Crippen LogP contribution in [0.5, 0.6) is 0 Å². The third-order valence-electron chi connectivity index (χ3n) is 4.10. The predicted octanol–water partition coefficient (Wildman–Crippen LogP) is 2.68. The summed E-state index contributed by atoms with van der Waals surface area (Å²) in [6.07, 6.45) is -2.31. The number of aryl methyl sites for hydroxylation is 1. The number of carbonyl (C=O) groups excluding carboxylic acids is 1. The van der Waals surface area contributed by atoms with Crippen LogP contribution in [-0.4, -0.2) is 37.4 Å². The van der Waals surface area contributed by atoms with Gasteiger partial charge in [0.15, 0.2) is 0 Å². The Bertz CT molecular complexity index is 758. The van der Waals surface area contributed by atoms with Gasteiger partial charge in [-0.05, 0) is 49.4 Å². The second-order valence-electron chi connectivity index (χ2n) is 6.12. The summed E-state index contributed by atoms with van der Waals surface area (Å²) in [5.41, 5.74) is 1.15.